The number of rotatable bonds is 9. The second-order valence-corrected chi connectivity index (χ2v) is 8.37. The number of aryl methyl sites for hydroxylation is 1. The lowest BCUT2D eigenvalue weighted by molar-refractivity contribution is 0.0656. The van der Waals surface area contributed by atoms with Crippen molar-refractivity contribution in [1.82, 2.24) is 14.7 Å². The van der Waals surface area contributed by atoms with Gasteiger partial charge in [-0.2, -0.15) is 5.10 Å². The van der Waals surface area contributed by atoms with Crippen molar-refractivity contribution in [2.24, 2.45) is 0 Å². The van der Waals surface area contributed by atoms with E-state index in [2.05, 4.69) is 0 Å². The third-order valence-electron chi connectivity index (χ3n) is 5.72. The van der Waals surface area contributed by atoms with E-state index in [0.29, 0.717) is 29.1 Å². The van der Waals surface area contributed by atoms with Crippen LogP contribution in [0.3, 0.4) is 0 Å². The molecule has 0 fully saturated rings. The van der Waals surface area contributed by atoms with E-state index >= 15 is 0 Å². The Morgan fingerprint density at radius 2 is 1.89 bits per heavy atom. The Kier molecular flexibility index (Phi) is 7.38. The van der Waals surface area contributed by atoms with Crippen LogP contribution in [0.2, 0.25) is 0 Å². The van der Waals surface area contributed by atoms with Crippen molar-refractivity contribution in [2.45, 2.75) is 39.8 Å². The topological polar surface area (TPSA) is 69.7 Å². The van der Waals surface area contributed by atoms with E-state index in [9.17, 15) is 13.6 Å². The van der Waals surface area contributed by atoms with E-state index < -0.39 is 11.6 Å². The number of carbonyl (C=O) groups excluding carboxylic acids is 1. The largest absolute Gasteiger partial charge is 0.497 e. The van der Waals surface area contributed by atoms with Gasteiger partial charge in [0.1, 0.15) is 11.6 Å². The Morgan fingerprint density at radius 3 is 2.47 bits per heavy atom. The maximum atomic E-state index is 14.6. The first kappa shape index (κ1) is 25.0. The van der Waals surface area contributed by atoms with Crippen LogP contribution in [0.1, 0.15) is 42.6 Å². The molecule has 0 radical (unpaired) electrons. The number of aromatic nitrogens is 2. The van der Waals surface area contributed by atoms with Crippen molar-refractivity contribution < 1.29 is 27.5 Å². The van der Waals surface area contributed by atoms with Crippen LogP contribution in [0, 0.1) is 11.6 Å². The van der Waals surface area contributed by atoms with E-state index in [1.165, 1.54) is 12.3 Å². The zero-order valence-electron chi connectivity index (χ0n) is 20.5. The SMILES string of the molecule is CCc1nn(-c2ccc(OC)cc2)c(Oc2ccc(F)cc2F)c1CN(C(=O)c1ccco1)C(C)C. The molecule has 0 aliphatic rings. The summed E-state index contributed by atoms with van der Waals surface area (Å²) in [5.74, 6) is -0.945. The third kappa shape index (κ3) is 5.10. The summed E-state index contributed by atoms with van der Waals surface area (Å²) in [4.78, 5) is 14.8. The van der Waals surface area contributed by atoms with Crippen molar-refractivity contribution in [3.63, 3.8) is 0 Å². The lowest BCUT2D eigenvalue weighted by Gasteiger charge is -2.26. The van der Waals surface area contributed by atoms with Crippen LogP contribution in [-0.2, 0) is 13.0 Å². The van der Waals surface area contributed by atoms with E-state index in [4.69, 9.17) is 19.0 Å². The van der Waals surface area contributed by atoms with Gasteiger partial charge in [0.05, 0.1) is 36.9 Å². The summed E-state index contributed by atoms with van der Waals surface area (Å²) in [6.45, 7) is 5.84. The molecule has 2 heterocycles. The van der Waals surface area contributed by atoms with E-state index in [1.807, 2.05) is 20.8 Å². The Balaban J connectivity index is 1.84. The zero-order valence-corrected chi connectivity index (χ0v) is 20.5. The summed E-state index contributed by atoms with van der Waals surface area (Å²) in [6, 6.07) is 13.3. The van der Waals surface area contributed by atoms with Crippen molar-refractivity contribution >= 4 is 5.91 Å². The number of carbonyl (C=O) groups is 1. The molecule has 1 amide bonds. The minimum absolute atomic E-state index is 0.134. The number of furan rings is 1. The molecule has 2 aromatic heterocycles. The lowest BCUT2D eigenvalue weighted by Crippen LogP contribution is -2.36. The summed E-state index contributed by atoms with van der Waals surface area (Å²) < 4.78 is 46.3. The molecule has 0 spiro atoms. The molecular formula is C27H27F2N3O4. The first-order valence-electron chi connectivity index (χ1n) is 11.5. The average Bonchev–Trinajstić information content (AvgIpc) is 3.52. The molecule has 9 heteroatoms. The Morgan fingerprint density at radius 1 is 1.14 bits per heavy atom. The molecule has 0 unspecified atom stereocenters. The highest BCUT2D eigenvalue weighted by Gasteiger charge is 2.28. The average molecular weight is 496 g/mol. The van der Waals surface area contributed by atoms with Crippen LogP contribution >= 0.6 is 0 Å². The van der Waals surface area contributed by atoms with Gasteiger partial charge in [0.15, 0.2) is 17.3 Å². The predicted molar refractivity (Wildman–Crippen MR) is 130 cm³/mol. The molecule has 7 nitrogen and oxygen atoms in total. The highest BCUT2D eigenvalue weighted by molar-refractivity contribution is 5.91. The zero-order chi connectivity index (χ0) is 25.8. The third-order valence-corrected chi connectivity index (χ3v) is 5.72. The van der Waals surface area contributed by atoms with Gasteiger partial charge >= 0.3 is 0 Å². The summed E-state index contributed by atoms with van der Waals surface area (Å²) in [5.41, 5.74) is 1.91. The molecular weight excluding hydrogens is 468 g/mol. The smallest absolute Gasteiger partial charge is 0.290 e. The summed E-state index contributed by atoms with van der Waals surface area (Å²) in [6.07, 6.45) is 1.97. The van der Waals surface area contributed by atoms with Crippen molar-refractivity contribution in [2.75, 3.05) is 7.11 Å². The highest BCUT2D eigenvalue weighted by Crippen LogP contribution is 2.34. The molecule has 4 aromatic rings. The van der Waals surface area contributed by atoms with Crippen LogP contribution < -0.4 is 9.47 Å². The molecule has 188 valence electrons. The van der Waals surface area contributed by atoms with E-state index in [1.54, 1.807) is 53.1 Å². The van der Waals surface area contributed by atoms with Crippen molar-refractivity contribution in [1.29, 1.82) is 0 Å². The van der Waals surface area contributed by atoms with Gasteiger partial charge in [0, 0.05) is 12.1 Å². The summed E-state index contributed by atoms with van der Waals surface area (Å²) in [7, 11) is 1.57. The van der Waals surface area contributed by atoms with Crippen LogP contribution in [0.4, 0.5) is 8.78 Å². The predicted octanol–water partition coefficient (Wildman–Crippen LogP) is 6.16. The monoisotopic (exact) mass is 495 g/mol. The number of hydrogen-bond acceptors (Lipinski definition) is 5. The minimum Gasteiger partial charge on any atom is -0.497 e. The molecule has 0 N–H and O–H groups in total. The van der Waals surface area contributed by atoms with Crippen LogP contribution in [0.25, 0.3) is 5.69 Å². The van der Waals surface area contributed by atoms with Gasteiger partial charge in [0.25, 0.3) is 5.91 Å². The fourth-order valence-electron chi connectivity index (χ4n) is 3.79. The van der Waals surface area contributed by atoms with Gasteiger partial charge in [0.2, 0.25) is 5.88 Å². The van der Waals surface area contributed by atoms with E-state index in [-0.39, 0.29) is 35.9 Å². The highest BCUT2D eigenvalue weighted by atomic mass is 19.1. The van der Waals surface area contributed by atoms with Gasteiger partial charge in [-0.1, -0.05) is 6.92 Å². The molecule has 0 saturated heterocycles. The normalized spacial score (nSPS) is 11.1. The summed E-state index contributed by atoms with van der Waals surface area (Å²) in [5, 5.41) is 4.73. The number of benzene rings is 2. The fraction of sp³-hybridized carbons (Fsp3) is 0.259. The Bertz CT molecular complexity index is 1330. The van der Waals surface area contributed by atoms with Gasteiger partial charge < -0.3 is 18.8 Å². The number of nitrogens with zero attached hydrogens (tertiary/aromatic N) is 3. The van der Waals surface area contributed by atoms with Crippen LogP contribution in [0.5, 0.6) is 17.4 Å². The van der Waals surface area contributed by atoms with Crippen LogP contribution in [-0.4, -0.2) is 33.7 Å². The van der Waals surface area contributed by atoms with Gasteiger partial charge in [-0.05, 0) is 68.8 Å². The first-order valence-corrected chi connectivity index (χ1v) is 11.5. The second kappa shape index (κ2) is 10.6. The van der Waals surface area contributed by atoms with Gasteiger partial charge in [-0.25, -0.2) is 13.5 Å². The first-order chi connectivity index (χ1) is 17.3. The molecule has 36 heavy (non-hydrogen) atoms. The molecule has 2 aromatic carbocycles. The molecule has 0 aliphatic carbocycles. The van der Waals surface area contributed by atoms with E-state index in [0.717, 1.165) is 12.1 Å². The maximum Gasteiger partial charge on any atom is 0.290 e. The standard InChI is InChI=1S/C27H27F2N3O4/c1-5-23-21(16-31(17(2)3)26(33)25-7-6-14-35-25)27(36-24-13-8-18(28)15-22(24)29)32(30-23)19-9-11-20(34-4)12-10-19/h6-15,17H,5,16H2,1-4H3. The quantitative estimate of drug-likeness (QED) is 0.278. The Labute approximate surface area is 207 Å². The molecule has 0 atom stereocenters. The molecule has 0 bridgehead atoms. The van der Waals surface area contributed by atoms with Gasteiger partial charge in [-0.15, -0.1) is 0 Å². The van der Waals surface area contributed by atoms with Gasteiger partial charge in [-0.3, -0.25) is 4.79 Å². The number of amides is 1. The Hall–Kier alpha value is -4.14. The minimum atomic E-state index is -0.853. The number of hydrogen-bond donors (Lipinski definition) is 0. The number of halogens is 2. The molecule has 0 saturated carbocycles. The van der Waals surface area contributed by atoms with Crippen LogP contribution in [0.15, 0.2) is 65.3 Å². The van der Waals surface area contributed by atoms with Crippen molar-refractivity contribution in [3.05, 3.63) is 89.5 Å². The number of methoxy groups -OCH3 is 1. The number of ether oxygens (including phenoxy) is 2. The van der Waals surface area contributed by atoms with Crippen molar-refractivity contribution in [3.8, 4) is 23.1 Å². The molecule has 4 rings (SSSR count). The fourth-order valence-corrected chi connectivity index (χ4v) is 3.79. The molecule has 0 aliphatic heterocycles. The lowest BCUT2D eigenvalue weighted by atomic mass is 10.1. The summed E-state index contributed by atoms with van der Waals surface area (Å²) >= 11 is 0. The second-order valence-electron chi connectivity index (χ2n) is 8.37. The maximum absolute atomic E-state index is 14.6.